The highest BCUT2D eigenvalue weighted by Crippen LogP contribution is 2.21. The Hall–Kier alpha value is -3.19. The molecule has 0 aliphatic carbocycles. The first-order valence-corrected chi connectivity index (χ1v) is 7.98. The number of hydrogen-bond donors (Lipinski definition) is 3. The van der Waals surface area contributed by atoms with Gasteiger partial charge >= 0.3 is 0 Å². The van der Waals surface area contributed by atoms with Gasteiger partial charge in [-0.25, -0.2) is 4.98 Å². The number of hydrogen-bond acceptors (Lipinski definition) is 5. The Kier molecular flexibility index (Phi) is 4.53. The van der Waals surface area contributed by atoms with Crippen molar-refractivity contribution in [2.24, 2.45) is 5.73 Å². The molecule has 3 aromatic rings. The van der Waals surface area contributed by atoms with Crippen molar-refractivity contribution in [2.45, 2.75) is 0 Å². The highest BCUT2D eigenvalue weighted by atomic mass is 32.1. The van der Waals surface area contributed by atoms with Gasteiger partial charge in [0.2, 0.25) is 5.91 Å². The van der Waals surface area contributed by atoms with Crippen molar-refractivity contribution in [3.8, 4) is 0 Å². The number of benzene rings is 2. The average Bonchev–Trinajstić information content (AvgIpc) is 3.05. The van der Waals surface area contributed by atoms with E-state index in [9.17, 15) is 9.59 Å². The summed E-state index contributed by atoms with van der Waals surface area (Å²) in [6.07, 6.45) is 0. The van der Waals surface area contributed by atoms with Gasteiger partial charge < -0.3 is 16.4 Å². The lowest BCUT2D eigenvalue weighted by molar-refractivity contribution is 0.0998. The van der Waals surface area contributed by atoms with Gasteiger partial charge in [-0.15, -0.1) is 11.3 Å². The van der Waals surface area contributed by atoms with Crippen molar-refractivity contribution in [3.05, 3.63) is 71.2 Å². The summed E-state index contributed by atoms with van der Waals surface area (Å²) >= 11 is 1.35. The molecule has 0 aliphatic heterocycles. The smallest absolute Gasteiger partial charge is 0.275 e. The van der Waals surface area contributed by atoms with Gasteiger partial charge in [0, 0.05) is 22.3 Å². The molecule has 2 amide bonds. The maximum atomic E-state index is 12.2. The molecule has 0 saturated carbocycles. The minimum atomic E-state index is -0.510. The molecule has 0 bridgehead atoms. The van der Waals surface area contributed by atoms with Gasteiger partial charge in [-0.2, -0.15) is 0 Å². The number of para-hydroxylation sites is 1. The number of thiazole rings is 1. The molecular weight excluding hydrogens is 324 g/mol. The maximum Gasteiger partial charge on any atom is 0.275 e. The Morgan fingerprint density at radius 2 is 1.67 bits per heavy atom. The quantitative estimate of drug-likeness (QED) is 0.665. The van der Waals surface area contributed by atoms with E-state index in [1.807, 2.05) is 30.3 Å². The van der Waals surface area contributed by atoms with Crippen LogP contribution in [0.3, 0.4) is 0 Å². The lowest BCUT2D eigenvalue weighted by atomic mass is 10.2. The molecule has 6 nitrogen and oxygen atoms in total. The molecule has 1 heterocycles. The van der Waals surface area contributed by atoms with Gasteiger partial charge in [-0.1, -0.05) is 18.2 Å². The largest absolute Gasteiger partial charge is 0.366 e. The Balaban J connectivity index is 1.66. The summed E-state index contributed by atoms with van der Waals surface area (Å²) in [4.78, 5) is 27.5. The summed E-state index contributed by atoms with van der Waals surface area (Å²) in [7, 11) is 0. The van der Waals surface area contributed by atoms with E-state index in [-0.39, 0.29) is 5.91 Å². The zero-order valence-electron chi connectivity index (χ0n) is 12.5. The Morgan fingerprint density at radius 3 is 2.33 bits per heavy atom. The summed E-state index contributed by atoms with van der Waals surface area (Å²) in [6.45, 7) is 0. The number of carbonyl (C=O) groups is 2. The van der Waals surface area contributed by atoms with E-state index in [2.05, 4.69) is 15.6 Å². The molecular formula is C17H14N4O2S. The van der Waals surface area contributed by atoms with Gasteiger partial charge in [0.1, 0.15) is 5.69 Å². The second-order valence-electron chi connectivity index (χ2n) is 4.92. The Morgan fingerprint density at radius 1 is 0.958 bits per heavy atom. The van der Waals surface area contributed by atoms with Crippen LogP contribution in [0.25, 0.3) is 0 Å². The van der Waals surface area contributed by atoms with Crippen LogP contribution in [0.2, 0.25) is 0 Å². The lowest BCUT2D eigenvalue weighted by Gasteiger charge is -2.04. The van der Waals surface area contributed by atoms with E-state index in [1.54, 1.807) is 29.6 Å². The molecule has 1 aromatic heterocycles. The summed E-state index contributed by atoms with van der Waals surface area (Å²) in [5, 5.41) is 8.18. The molecule has 120 valence electrons. The average molecular weight is 338 g/mol. The van der Waals surface area contributed by atoms with Crippen LogP contribution in [0.15, 0.2) is 60.0 Å². The Labute approximate surface area is 142 Å². The molecule has 0 radical (unpaired) electrons. The molecule has 3 rings (SSSR count). The first-order valence-electron chi connectivity index (χ1n) is 7.10. The van der Waals surface area contributed by atoms with Crippen molar-refractivity contribution in [1.82, 2.24) is 4.98 Å². The number of amides is 2. The van der Waals surface area contributed by atoms with E-state index in [4.69, 9.17) is 5.73 Å². The normalized spacial score (nSPS) is 10.2. The van der Waals surface area contributed by atoms with Crippen molar-refractivity contribution >= 4 is 39.7 Å². The molecule has 0 unspecified atom stereocenters. The number of aromatic nitrogens is 1. The molecule has 0 atom stereocenters. The highest BCUT2D eigenvalue weighted by Gasteiger charge is 2.11. The lowest BCUT2D eigenvalue weighted by Crippen LogP contribution is -2.13. The van der Waals surface area contributed by atoms with Crippen LogP contribution in [-0.4, -0.2) is 16.8 Å². The fraction of sp³-hybridized carbons (Fsp3) is 0. The summed E-state index contributed by atoms with van der Waals surface area (Å²) in [5.74, 6) is -0.830. The van der Waals surface area contributed by atoms with Crippen LogP contribution in [-0.2, 0) is 0 Å². The number of nitrogens with two attached hydrogens (primary N) is 1. The minimum absolute atomic E-state index is 0.317. The summed E-state index contributed by atoms with van der Waals surface area (Å²) < 4.78 is 0. The van der Waals surface area contributed by atoms with Gasteiger partial charge in [0.05, 0.1) is 0 Å². The third-order valence-corrected chi connectivity index (χ3v) is 3.95. The van der Waals surface area contributed by atoms with Crippen molar-refractivity contribution in [2.75, 3.05) is 10.6 Å². The van der Waals surface area contributed by atoms with E-state index >= 15 is 0 Å². The third-order valence-electron chi connectivity index (χ3n) is 3.19. The second-order valence-corrected chi connectivity index (χ2v) is 5.78. The number of carbonyl (C=O) groups excluding carboxylic acids is 2. The monoisotopic (exact) mass is 338 g/mol. The van der Waals surface area contributed by atoms with Crippen molar-refractivity contribution < 1.29 is 9.59 Å². The van der Waals surface area contributed by atoms with Gasteiger partial charge in [0.15, 0.2) is 5.13 Å². The first kappa shape index (κ1) is 15.7. The number of nitrogens with zero attached hydrogens (tertiary/aromatic N) is 1. The standard InChI is InChI=1S/C17H14N4O2S/c18-15(22)11-6-8-13(9-7-11)19-16(23)14-10-24-17(21-14)20-12-4-2-1-3-5-12/h1-10H,(H2,18,22)(H,19,23)(H,20,21). The predicted octanol–water partition coefficient (Wildman–Crippen LogP) is 3.24. The van der Waals surface area contributed by atoms with Crippen molar-refractivity contribution in [1.29, 1.82) is 0 Å². The zero-order chi connectivity index (χ0) is 16.9. The molecule has 24 heavy (non-hydrogen) atoms. The first-order chi connectivity index (χ1) is 11.6. The maximum absolute atomic E-state index is 12.2. The van der Waals surface area contributed by atoms with Crippen LogP contribution in [0.4, 0.5) is 16.5 Å². The van der Waals surface area contributed by atoms with E-state index in [1.165, 1.54) is 11.3 Å². The van der Waals surface area contributed by atoms with Crippen LogP contribution in [0, 0.1) is 0 Å². The molecule has 0 saturated heterocycles. The van der Waals surface area contributed by atoms with Crippen LogP contribution in [0.1, 0.15) is 20.8 Å². The number of rotatable bonds is 5. The van der Waals surface area contributed by atoms with Gasteiger partial charge in [0.25, 0.3) is 5.91 Å². The molecule has 2 aromatic carbocycles. The third kappa shape index (κ3) is 3.76. The Bertz CT molecular complexity index is 860. The molecule has 4 N–H and O–H groups in total. The SMILES string of the molecule is NC(=O)c1ccc(NC(=O)c2csc(Nc3ccccc3)n2)cc1. The number of primary amides is 1. The van der Waals surface area contributed by atoms with Crippen LogP contribution < -0.4 is 16.4 Å². The number of anilines is 3. The number of nitrogens with one attached hydrogen (secondary N) is 2. The van der Waals surface area contributed by atoms with Crippen LogP contribution >= 0.6 is 11.3 Å². The zero-order valence-corrected chi connectivity index (χ0v) is 13.3. The van der Waals surface area contributed by atoms with Crippen LogP contribution in [0.5, 0.6) is 0 Å². The van der Waals surface area contributed by atoms with E-state index in [0.717, 1.165) is 5.69 Å². The molecule has 0 fully saturated rings. The topological polar surface area (TPSA) is 97.1 Å². The second kappa shape index (κ2) is 6.93. The molecule has 0 aliphatic rings. The summed E-state index contributed by atoms with van der Waals surface area (Å²) in [5.41, 5.74) is 7.35. The van der Waals surface area contributed by atoms with Gasteiger partial charge in [-0.05, 0) is 36.4 Å². The van der Waals surface area contributed by atoms with E-state index in [0.29, 0.717) is 22.1 Å². The summed E-state index contributed by atoms with van der Waals surface area (Å²) in [6, 6.07) is 15.9. The predicted molar refractivity (Wildman–Crippen MR) is 94.8 cm³/mol. The fourth-order valence-corrected chi connectivity index (χ4v) is 2.70. The highest BCUT2D eigenvalue weighted by molar-refractivity contribution is 7.14. The van der Waals surface area contributed by atoms with E-state index < -0.39 is 5.91 Å². The minimum Gasteiger partial charge on any atom is -0.366 e. The fourth-order valence-electron chi connectivity index (χ4n) is 1.99. The molecule has 0 spiro atoms. The molecule has 7 heteroatoms. The van der Waals surface area contributed by atoms with Crippen molar-refractivity contribution in [3.63, 3.8) is 0 Å². The van der Waals surface area contributed by atoms with Gasteiger partial charge in [-0.3, -0.25) is 9.59 Å².